The number of halogens is 3. The van der Waals surface area contributed by atoms with E-state index in [9.17, 15) is 22.8 Å². The van der Waals surface area contributed by atoms with E-state index >= 15 is 0 Å². The number of hydrogen-bond donors (Lipinski definition) is 1. The number of nitrogens with one attached hydrogen (secondary N) is 1. The second-order valence-electron chi connectivity index (χ2n) is 4.09. The van der Waals surface area contributed by atoms with Crippen molar-refractivity contribution in [2.45, 2.75) is 6.54 Å². The molecule has 0 aliphatic carbocycles. The number of esters is 1. The van der Waals surface area contributed by atoms with Crippen LogP contribution in [-0.4, -0.2) is 17.0 Å². The second-order valence-corrected chi connectivity index (χ2v) is 4.09. The molecule has 1 amide bonds. The molecule has 0 radical (unpaired) electrons. The third kappa shape index (κ3) is 3.81. The summed E-state index contributed by atoms with van der Waals surface area (Å²) in [6.45, 7) is -0.605. The summed E-state index contributed by atoms with van der Waals surface area (Å²) in [6.07, 6.45) is 0.122. The molecule has 2 rings (SSSR count). The number of nitrogens with zero attached hydrogens (tertiary/aromatic N) is 1. The van der Waals surface area contributed by atoms with E-state index in [4.69, 9.17) is 0 Å². The van der Waals surface area contributed by atoms with Gasteiger partial charge in [-0.05, 0) is 12.1 Å². The molecule has 5 nitrogen and oxygen atoms in total. The van der Waals surface area contributed by atoms with E-state index in [2.05, 4.69) is 9.72 Å². The van der Waals surface area contributed by atoms with Gasteiger partial charge in [-0.15, -0.1) is 0 Å². The number of pyridine rings is 1. The molecule has 0 spiro atoms. The lowest BCUT2D eigenvalue weighted by molar-refractivity contribution is 0.0615. The molecule has 0 atom stereocenters. The van der Waals surface area contributed by atoms with Gasteiger partial charge in [0.25, 0.3) is 0 Å². The lowest BCUT2D eigenvalue weighted by Crippen LogP contribution is -2.27. The zero-order valence-corrected chi connectivity index (χ0v) is 11.0. The fraction of sp³-hybridized carbons (Fsp3) is 0.0714. The Hall–Kier alpha value is -2.90. The van der Waals surface area contributed by atoms with E-state index in [0.29, 0.717) is 12.1 Å². The molecular weight excluding hydrogens is 301 g/mol. The van der Waals surface area contributed by atoms with Gasteiger partial charge in [0.15, 0.2) is 0 Å². The van der Waals surface area contributed by atoms with Crippen molar-refractivity contribution in [1.82, 2.24) is 10.3 Å². The highest BCUT2D eigenvalue weighted by molar-refractivity contribution is 5.94. The Morgan fingerprint density at radius 3 is 2.41 bits per heavy atom. The minimum Gasteiger partial charge on any atom is -0.371 e. The molecule has 1 aromatic heterocycles. The Labute approximate surface area is 122 Å². The molecule has 0 aliphatic heterocycles. The second kappa shape index (κ2) is 6.70. The molecule has 0 bridgehead atoms. The van der Waals surface area contributed by atoms with Gasteiger partial charge in [0, 0.05) is 23.9 Å². The number of amides is 1. The van der Waals surface area contributed by atoms with Gasteiger partial charge >= 0.3 is 12.1 Å². The van der Waals surface area contributed by atoms with Crippen LogP contribution in [0, 0.1) is 17.5 Å². The molecule has 0 fully saturated rings. The van der Waals surface area contributed by atoms with E-state index in [-0.39, 0.29) is 5.69 Å². The highest BCUT2D eigenvalue weighted by atomic mass is 19.1. The Morgan fingerprint density at radius 1 is 1.14 bits per heavy atom. The van der Waals surface area contributed by atoms with Gasteiger partial charge in [-0.2, -0.15) is 0 Å². The predicted molar refractivity (Wildman–Crippen MR) is 68.2 cm³/mol. The van der Waals surface area contributed by atoms with E-state index in [1.165, 1.54) is 18.3 Å². The van der Waals surface area contributed by atoms with Gasteiger partial charge in [-0.3, -0.25) is 0 Å². The average molecular weight is 310 g/mol. The molecule has 8 heteroatoms. The molecule has 114 valence electrons. The molecule has 1 N–H and O–H groups in total. The van der Waals surface area contributed by atoms with Crippen molar-refractivity contribution in [3.8, 4) is 0 Å². The number of aromatic nitrogens is 1. The van der Waals surface area contributed by atoms with Crippen LogP contribution in [0.1, 0.15) is 16.1 Å². The first-order valence-electron chi connectivity index (χ1n) is 6.02. The number of rotatable bonds is 3. The monoisotopic (exact) mass is 310 g/mol. The Bertz CT molecular complexity index is 685. The topological polar surface area (TPSA) is 68.3 Å². The maximum atomic E-state index is 13.3. The molecule has 1 heterocycles. The summed E-state index contributed by atoms with van der Waals surface area (Å²) < 4.78 is 43.8. The minimum atomic E-state index is -1.21. The van der Waals surface area contributed by atoms with Gasteiger partial charge in [0.1, 0.15) is 23.1 Å². The number of carbonyl (C=O) groups excluding carboxylic acids is 2. The average Bonchev–Trinajstić information content (AvgIpc) is 2.47. The first-order chi connectivity index (χ1) is 10.5. The van der Waals surface area contributed by atoms with Crippen LogP contribution in [0.25, 0.3) is 0 Å². The molecule has 0 unspecified atom stereocenters. The molecule has 22 heavy (non-hydrogen) atoms. The van der Waals surface area contributed by atoms with Crippen LogP contribution in [0.4, 0.5) is 18.0 Å². The molecule has 0 aliphatic rings. The van der Waals surface area contributed by atoms with Gasteiger partial charge in [-0.1, -0.05) is 6.07 Å². The smallest absolute Gasteiger partial charge is 0.371 e. The zero-order chi connectivity index (χ0) is 16.1. The third-order valence-electron chi connectivity index (χ3n) is 2.57. The van der Waals surface area contributed by atoms with Crippen molar-refractivity contribution in [3.63, 3.8) is 0 Å². The quantitative estimate of drug-likeness (QED) is 0.699. The number of benzene rings is 1. The number of hydrogen-bond acceptors (Lipinski definition) is 4. The largest absolute Gasteiger partial charge is 0.415 e. The van der Waals surface area contributed by atoms with Crippen LogP contribution in [0.2, 0.25) is 0 Å². The van der Waals surface area contributed by atoms with Gasteiger partial charge < -0.3 is 10.1 Å². The lowest BCUT2D eigenvalue weighted by Gasteiger charge is -2.07. The zero-order valence-electron chi connectivity index (χ0n) is 11.0. The fourth-order valence-electron chi connectivity index (χ4n) is 1.56. The summed E-state index contributed by atoms with van der Waals surface area (Å²) in [7, 11) is 0. The molecular formula is C14H9F3N2O3. The minimum absolute atomic E-state index is 0.100. The van der Waals surface area contributed by atoms with Crippen molar-refractivity contribution in [2.75, 3.05) is 0 Å². The number of carbonyl (C=O) groups is 2. The SMILES string of the molecule is O=C(NCc1c(F)cc(F)cc1F)OC(=O)c1ccccn1. The predicted octanol–water partition coefficient (Wildman–Crippen LogP) is 2.57. The summed E-state index contributed by atoms with van der Waals surface area (Å²) in [5, 5.41) is 1.99. The van der Waals surface area contributed by atoms with Crippen molar-refractivity contribution in [3.05, 3.63) is 65.2 Å². The summed E-state index contributed by atoms with van der Waals surface area (Å²) >= 11 is 0. The maximum absolute atomic E-state index is 13.3. The number of alkyl carbamates (subject to hydrolysis) is 1. The third-order valence-corrected chi connectivity index (χ3v) is 2.57. The fourth-order valence-corrected chi connectivity index (χ4v) is 1.56. The standard InChI is InChI=1S/C14H9F3N2O3/c15-8-5-10(16)9(11(17)6-8)7-19-14(21)22-13(20)12-3-1-2-4-18-12/h1-6H,7H2,(H,19,21). The Balaban J connectivity index is 1.95. The lowest BCUT2D eigenvalue weighted by atomic mass is 10.2. The van der Waals surface area contributed by atoms with Crippen LogP contribution in [0.5, 0.6) is 0 Å². The number of ether oxygens (including phenoxy) is 1. The van der Waals surface area contributed by atoms with E-state index in [1.807, 2.05) is 5.32 Å². The van der Waals surface area contributed by atoms with Crippen LogP contribution < -0.4 is 5.32 Å². The van der Waals surface area contributed by atoms with E-state index in [0.717, 1.165) is 0 Å². The van der Waals surface area contributed by atoms with Crippen LogP contribution >= 0.6 is 0 Å². The Morgan fingerprint density at radius 2 is 1.82 bits per heavy atom. The first-order valence-corrected chi connectivity index (χ1v) is 6.02. The summed E-state index contributed by atoms with van der Waals surface area (Å²) in [4.78, 5) is 26.6. The summed E-state index contributed by atoms with van der Waals surface area (Å²) in [5.41, 5.74) is -0.652. The van der Waals surface area contributed by atoms with Crippen molar-refractivity contribution < 1.29 is 27.5 Å². The van der Waals surface area contributed by atoms with Crippen molar-refractivity contribution in [2.24, 2.45) is 0 Å². The van der Waals surface area contributed by atoms with Crippen molar-refractivity contribution in [1.29, 1.82) is 0 Å². The molecule has 1 aromatic carbocycles. The van der Waals surface area contributed by atoms with E-state index in [1.54, 1.807) is 6.07 Å². The summed E-state index contributed by atoms with van der Waals surface area (Å²) in [6, 6.07) is 5.37. The van der Waals surface area contributed by atoms with E-state index < -0.39 is 41.6 Å². The van der Waals surface area contributed by atoms with Crippen LogP contribution in [-0.2, 0) is 11.3 Å². The van der Waals surface area contributed by atoms with Crippen LogP contribution in [0.3, 0.4) is 0 Å². The van der Waals surface area contributed by atoms with Gasteiger partial charge in [0.05, 0.1) is 6.54 Å². The Kier molecular flexibility index (Phi) is 4.72. The van der Waals surface area contributed by atoms with Gasteiger partial charge in [0.2, 0.25) is 0 Å². The highest BCUT2D eigenvalue weighted by Crippen LogP contribution is 2.14. The van der Waals surface area contributed by atoms with Gasteiger partial charge in [-0.25, -0.2) is 27.7 Å². The molecule has 2 aromatic rings. The molecule has 0 saturated carbocycles. The first kappa shape index (κ1) is 15.5. The van der Waals surface area contributed by atoms with Crippen molar-refractivity contribution >= 4 is 12.1 Å². The maximum Gasteiger partial charge on any atom is 0.415 e. The highest BCUT2D eigenvalue weighted by Gasteiger charge is 2.16. The molecule has 0 saturated heterocycles. The summed E-state index contributed by atoms with van der Waals surface area (Å²) in [5.74, 6) is -4.41. The normalized spacial score (nSPS) is 10.1. The van der Waals surface area contributed by atoms with Crippen LogP contribution in [0.15, 0.2) is 36.5 Å².